The number of aromatic nitrogens is 4. The fraction of sp³-hybridized carbons (Fsp3) is 0.300. The Bertz CT molecular complexity index is 450. The second-order valence-electron chi connectivity index (χ2n) is 3.37. The maximum atomic E-state index is 5.63. The Balaban J connectivity index is 1.84. The van der Waals surface area contributed by atoms with Crippen molar-refractivity contribution >= 4 is 17.4 Å². The quantitative estimate of drug-likeness (QED) is 0.876. The van der Waals surface area contributed by atoms with Crippen LogP contribution in [-0.4, -0.2) is 26.3 Å². The van der Waals surface area contributed by atoms with Crippen LogP contribution in [0.4, 0.5) is 5.82 Å². The van der Waals surface area contributed by atoms with Crippen LogP contribution >= 0.6 is 11.6 Å². The summed E-state index contributed by atoms with van der Waals surface area (Å²) in [5, 5.41) is 11.2. The van der Waals surface area contributed by atoms with Crippen molar-refractivity contribution in [1.29, 1.82) is 0 Å². The molecule has 16 heavy (non-hydrogen) atoms. The summed E-state index contributed by atoms with van der Waals surface area (Å²) in [6.45, 7) is 0.765. The van der Waals surface area contributed by atoms with Crippen LogP contribution in [0.2, 0.25) is 5.15 Å². The van der Waals surface area contributed by atoms with E-state index in [-0.39, 0.29) is 0 Å². The fourth-order valence-electron chi connectivity index (χ4n) is 1.35. The largest absolute Gasteiger partial charge is 0.368 e. The van der Waals surface area contributed by atoms with Crippen molar-refractivity contribution in [2.24, 2.45) is 7.05 Å². The summed E-state index contributed by atoms with van der Waals surface area (Å²) in [5.41, 5.74) is 0. The molecular formula is C10H12ClN5. The van der Waals surface area contributed by atoms with E-state index in [4.69, 9.17) is 11.6 Å². The Kier molecular flexibility index (Phi) is 3.36. The van der Waals surface area contributed by atoms with Gasteiger partial charge in [-0.2, -0.15) is 0 Å². The van der Waals surface area contributed by atoms with E-state index in [1.165, 1.54) is 0 Å². The van der Waals surface area contributed by atoms with E-state index in [0.29, 0.717) is 5.15 Å². The lowest BCUT2D eigenvalue weighted by atomic mass is 10.4. The molecule has 6 heteroatoms. The number of hydrogen-bond acceptors (Lipinski definition) is 4. The molecule has 0 unspecified atom stereocenters. The summed E-state index contributed by atoms with van der Waals surface area (Å²) in [7, 11) is 1.98. The predicted octanol–water partition coefficient (Wildman–Crippen LogP) is 1.52. The molecule has 1 N–H and O–H groups in total. The highest BCUT2D eigenvalue weighted by atomic mass is 35.5. The van der Waals surface area contributed by atoms with Gasteiger partial charge in [0.25, 0.3) is 0 Å². The van der Waals surface area contributed by atoms with Gasteiger partial charge in [0.05, 0.1) is 0 Å². The van der Waals surface area contributed by atoms with Crippen molar-refractivity contribution in [3.8, 4) is 0 Å². The van der Waals surface area contributed by atoms with Crippen molar-refractivity contribution in [2.75, 3.05) is 11.9 Å². The van der Waals surface area contributed by atoms with Crippen LogP contribution in [0.1, 0.15) is 5.82 Å². The SMILES string of the molecule is Cn1ccnc1CCNc1ccc(Cl)nn1. The molecule has 2 aromatic rings. The highest BCUT2D eigenvalue weighted by Gasteiger charge is 1.99. The first-order chi connectivity index (χ1) is 7.75. The average Bonchev–Trinajstić information content (AvgIpc) is 2.68. The third-order valence-electron chi connectivity index (χ3n) is 2.21. The fourth-order valence-corrected chi connectivity index (χ4v) is 1.45. The van der Waals surface area contributed by atoms with Crippen LogP contribution in [0, 0.1) is 0 Å². The molecule has 0 aromatic carbocycles. The second kappa shape index (κ2) is 4.94. The summed E-state index contributed by atoms with van der Waals surface area (Å²) >= 11 is 5.63. The van der Waals surface area contributed by atoms with Gasteiger partial charge in [0.15, 0.2) is 5.15 Å². The zero-order valence-corrected chi connectivity index (χ0v) is 9.65. The van der Waals surface area contributed by atoms with Gasteiger partial charge in [0.1, 0.15) is 11.6 Å². The van der Waals surface area contributed by atoms with Gasteiger partial charge in [-0.3, -0.25) is 0 Å². The smallest absolute Gasteiger partial charge is 0.151 e. The number of halogens is 1. The molecule has 0 aliphatic carbocycles. The number of imidazole rings is 1. The molecule has 0 amide bonds. The van der Waals surface area contributed by atoms with E-state index in [9.17, 15) is 0 Å². The Morgan fingerprint density at radius 3 is 2.88 bits per heavy atom. The van der Waals surface area contributed by atoms with Gasteiger partial charge in [-0.1, -0.05) is 11.6 Å². The average molecular weight is 238 g/mol. The molecule has 0 atom stereocenters. The molecule has 0 fully saturated rings. The van der Waals surface area contributed by atoms with E-state index in [1.54, 1.807) is 18.3 Å². The summed E-state index contributed by atoms with van der Waals surface area (Å²) in [4.78, 5) is 4.23. The van der Waals surface area contributed by atoms with Gasteiger partial charge in [-0.25, -0.2) is 4.98 Å². The first-order valence-electron chi connectivity index (χ1n) is 4.95. The minimum absolute atomic E-state index is 0.398. The summed E-state index contributed by atoms with van der Waals surface area (Å²) in [6, 6.07) is 3.51. The Morgan fingerprint density at radius 2 is 2.25 bits per heavy atom. The predicted molar refractivity (Wildman–Crippen MR) is 62.4 cm³/mol. The van der Waals surface area contributed by atoms with Gasteiger partial charge in [-0.15, -0.1) is 10.2 Å². The lowest BCUT2D eigenvalue weighted by molar-refractivity contribution is 0.787. The Hall–Kier alpha value is -1.62. The van der Waals surface area contributed by atoms with Crippen LogP contribution in [0.15, 0.2) is 24.5 Å². The van der Waals surface area contributed by atoms with Crippen molar-refractivity contribution in [3.05, 3.63) is 35.5 Å². The minimum atomic E-state index is 0.398. The van der Waals surface area contributed by atoms with Gasteiger partial charge in [0.2, 0.25) is 0 Å². The maximum Gasteiger partial charge on any atom is 0.151 e. The molecule has 0 saturated heterocycles. The normalized spacial score (nSPS) is 10.4. The van der Waals surface area contributed by atoms with Gasteiger partial charge in [-0.05, 0) is 12.1 Å². The summed E-state index contributed by atoms with van der Waals surface area (Å²) in [5.74, 6) is 1.76. The zero-order chi connectivity index (χ0) is 11.4. The molecule has 84 valence electrons. The lowest BCUT2D eigenvalue weighted by Crippen LogP contribution is -2.09. The third kappa shape index (κ3) is 2.70. The van der Waals surface area contributed by atoms with Crippen LogP contribution in [0.25, 0.3) is 0 Å². The molecule has 0 saturated carbocycles. The summed E-state index contributed by atoms with van der Waals surface area (Å²) < 4.78 is 2.00. The number of aryl methyl sites for hydroxylation is 1. The maximum absolute atomic E-state index is 5.63. The van der Waals surface area contributed by atoms with E-state index < -0.39 is 0 Å². The molecule has 0 aliphatic rings. The first kappa shape index (κ1) is 10.9. The monoisotopic (exact) mass is 237 g/mol. The standard InChI is InChI=1S/C10H12ClN5/c1-16-7-6-13-10(16)4-5-12-9-3-2-8(11)14-15-9/h2-3,6-7H,4-5H2,1H3,(H,12,15). The molecule has 0 bridgehead atoms. The molecular weight excluding hydrogens is 226 g/mol. The van der Waals surface area contributed by atoms with Crippen LogP contribution in [0.5, 0.6) is 0 Å². The van der Waals surface area contributed by atoms with Crippen molar-refractivity contribution < 1.29 is 0 Å². The minimum Gasteiger partial charge on any atom is -0.368 e. The van der Waals surface area contributed by atoms with E-state index in [2.05, 4.69) is 20.5 Å². The van der Waals surface area contributed by atoms with E-state index >= 15 is 0 Å². The molecule has 0 radical (unpaired) electrons. The Morgan fingerprint density at radius 1 is 1.38 bits per heavy atom. The lowest BCUT2D eigenvalue weighted by Gasteiger charge is -2.04. The van der Waals surface area contributed by atoms with Crippen molar-refractivity contribution in [1.82, 2.24) is 19.7 Å². The molecule has 5 nitrogen and oxygen atoms in total. The van der Waals surface area contributed by atoms with Crippen molar-refractivity contribution in [3.63, 3.8) is 0 Å². The highest BCUT2D eigenvalue weighted by Crippen LogP contribution is 2.06. The molecule has 2 aromatic heterocycles. The van der Waals surface area contributed by atoms with Crippen LogP contribution in [-0.2, 0) is 13.5 Å². The number of rotatable bonds is 4. The molecule has 2 rings (SSSR count). The van der Waals surface area contributed by atoms with E-state index in [0.717, 1.165) is 24.6 Å². The number of anilines is 1. The number of hydrogen-bond donors (Lipinski definition) is 1. The van der Waals surface area contributed by atoms with Crippen LogP contribution < -0.4 is 5.32 Å². The second-order valence-corrected chi connectivity index (χ2v) is 3.76. The third-order valence-corrected chi connectivity index (χ3v) is 2.41. The Labute approximate surface area is 98.5 Å². The number of nitrogens with one attached hydrogen (secondary N) is 1. The van der Waals surface area contributed by atoms with Crippen LogP contribution in [0.3, 0.4) is 0 Å². The van der Waals surface area contributed by atoms with Gasteiger partial charge < -0.3 is 9.88 Å². The van der Waals surface area contributed by atoms with Gasteiger partial charge in [0, 0.05) is 32.4 Å². The molecule has 2 heterocycles. The molecule has 0 aliphatic heterocycles. The topological polar surface area (TPSA) is 55.6 Å². The van der Waals surface area contributed by atoms with E-state index in [1.807, 2.05) is 17.8 Å². The number of nitrogens with zero attached hydrogens (tertiary/aromatic N) is 4. The molecule has 0 spiro atoms. The highest BCUT2D eigenvalue weighted by molar-refractivity contribution is 6.29. The van der Waals surface area contributed by atoms with Crippen molar-refractivity contribution in [2.45, 2.75) is 6.42 Å². The van der Waals surface area contributed by atoms with Gasteiger partial charge >= 0.3 is 0 Å². The first-order valence-corrected chi connectivity index (χ1v) is 5.33. The zero-order valence-electron chi connectivity index (χ0n) is 8.89. The summed E-state index contributed by atoms with van der Waals surface area (Å²) in [6.07, 6.45) is 4.56.